The molecule has 0 bridgehead atoms. The Balaban J connectivity index is 1.98. The molecule has 0 saturated heterocycles. The number of hydrogen-bond donors (Lipinski definition) is 3. The summed E-state index contributed by atoms with van der Waals surface area (Å²) < 4.78 is 58.1. The average Bonchev–Trinajstić information content (AvgIpc) is 2.77. The molecule has 3 aromatic rings. The van der Waals surface area contributed by atoms with E-state index in [-0.39, 0.29) is 44.3 Å². The number of hydrogen-bond acceptors (Lipinski definition) is 8. The molecule has 9 nitrogen and oxygen atoms in total. The highest BCUT2D eigenvalue weighted by Gasteiger charge is 2.36. The van der Waals surface area contributed by atoms with Crippen LogP contribution in [0.1, 0.15) is 38.8 Å². The van der Waals surface area contributed by atoms with E-state index in [2.05, 4.69) is 5.32 Å². The number of benzene rings is 3. The zero-order valence-corrected chi connectivity index (χ0v) is 18.8. The van der Waals surface area contributed by atoms with Crippen LogP contribution in [0.25, 0.3) is 0 Å². The summed E-state index contributed by atoms with van der Waals surface area (Å²) in [5, 5.41) is 2.82. The third-order valence-electron chi connectivity index (χ3n) is 5.33. The summed E-state index contributed by atoms with van der Waals surface area (Å²) in [7, 11) is -8.40. The zero-order valence-electron chi connectivity index (χ0n) is 17.2. The Morgan fingerprint density at radius 1 is 0.879 bits per heavy atom. The van der Waals surface area contributed by atoms with Crippen molar-refractivity contribution in [3.8, 4) is 0 Å². The fourth-order valence-corrected chi connectivity index (χ4v) is 5.27. The lowest BCUT2D eigenvalue weighted by Gasteiger charge is -2.23. The van der Waals surface area contributed by atoms with Crippen molar-refractivity contribution in [2.45, 2.75) is 16.7 Å². The first-order valence-corrected chi connectivity index (χ1v) is 12.8. The van der Waals surface area contributed by atoms with Crippen molar-refractivity contribution < 1.29 is 31.0 Å². The van der Waals surface area contributed by atoms with Gasteiger partial charge in [-0.3, -0.25) is 14.1 Å². The molecule has 1 aliphatic rings. The SMILES string of the molecule is CCS(=O)(=O)c1cccc(Nc2cc(S(=O)(=O)O)c(N)c3c2C(=O)c2ccccc2C3=O)c1. The molecule has 0 aromatic heterocycles. The third kappa shape index (κ3) is 3.80. The lowest BCUT2D eigenvalue weighted by atomic mass is 9.82. The summed E-state index contributed by atoms with van der Waals surface area (Å²) in [5.41, 5.74) is 5.13. The molecule has 0 unspecified atom stereocenters. The summed E-state index contributed by atoms with van der Waals surface area (Å²) in [6.07, 6.45) is 0. The van der Waals surface area contributed by atoms with Gasteiger partial charge in [0.15, 0.2) is 21.4 Å². The zero-order chi connectivity index (χ0) is 24.1. The Kier molecular flexibility index (Phi) is 5.35. The predicted octanol–water partition coefficient (Wildman–Crippen LogP) is 2.83. The minimum Gasteiger partial charge on any atom is -0.397 e. The topological polar surface area (TPSA) is 161 Å². The molecule has 0 fully saturated rings. The van der Waals surface area contributed by atoms with E-state index < -0.39 is 42.1 Å². The summed E-state index contributed by atoms with van der Waals surface area (Å²) in [5.74, 6) is -1.38. The second-order valence-corrected chi connectivity index (χ2v) is 11.0. The maximum Gasteiger partial charge on any atom is 0.296 e. The first kappa shape index (κ1) is 22.6. The molecule has 4 N–H and O–H groups in total. The number of carbonyl (C=O) groups is 2. The number of ketones is 2. The van der Waals surface area contributed by atoms with Crippen molar-refractivity contribution in [3.63, 3.8) is 0 Å². The first-order chi connectivity index (χ1) is 15.5. The summed E-state index contributed by atoms with van der Waals surface area (Å²) in [6, 6.07) is 12.7. The molecular formula is C22H18N2O7S2. The Morgan fingerprint density at radius 2 is 1.48 bits per heavy atom. The minimum absolute atomic E-state index is 0.0158. The van der Waals surface area contributed by atoms with E-state index in [1.54, 1.807) is 12.1 Å². The number of nitrogen functional groups attached to an aromatic ring is 1. The van der Waals surface area contributed by atoms with Gasteiger partial charge < -0.3 is 11.1 Å². The van der Waals surface area contributed by atoms with Gasteiger partial charge in [0.1, 0.15) is 4.90 Å². The van der Waals surface area contributed by atoms with E-state index >= 15 is 0 Å². The fourth-order valence-electron chi connectivity index (χ4n) is 3.70. The molecule has 0 atom stereocenters. The number of anilines is 3. The molecule has 3 aromatic carbocycles. The average molecular weight is 487 g/mol. The molecular weight excluding hydrogens is 468 g/mol. The van der Waals surface area contributed by atoms with Crippen LogP contribution in [0, 0.1) is 0 Å². The van der Waals surface area contributed by atoms with E-state index in [9.17, 15) is 31.0 Å². The normalized spacial score (nSPS) is 13.4. The van der Waals surface area contributed by atoms with Crippen molar-refractivity contribution in [1.82, 2.24) is 0 Å². The van der Waals surface area contributed by atoms with Crippen molar-refractivity contribution in [2.24, 2.45) is 0 Å². The van der Waals surface area contributed by atoms with Gasteiger partial charge in [-0.1, -0.05) is 37.3 Å². The quantitative estimate of drug-likeness (QED) is 0.284. The van der Waals surface area contributed by atoms with Gasteiger partial charge in [-0.05, 0) is 24.3 Å². The Hall–Kier alpha value is -3.54. The Bertz CT molecular complexity index is 1560. The maximum absolute atomic E-state index is 13.3. The monoisotopic (exact) mass is 486 g/mol. The molecule has 0 saturated carbocycles. The van der Waals surface area contributed by atoms with Crippen molar-refractivity contribution in [1.29, 1.82) is 0 Å². The van der Waals surface area contributed by atoms with E-state index in [0.29, 0.717) is 0 Å². The van der Waals surface area contributed by atoms with Crippen LogP contribution in [0.15, 0.2) is 64.4 Å². The highest BCUT2D eigenvalue weighted by Crippen LogP contribution is 2.40. The lowest BCUT2D eigenvalue weighted by Crippen LogP contribution is -2.25. The molecule has 0 radical (unpaired) electrons. The van der Waals surface area contributed by atoms with Gasteiger partial charge in [-0.25, -0.2) is 8.42 Å². The number of rotatable bonds is 5. The lowest BCUT2D eigenvalue weighted by molar-refractivity contribution is 0.0980. The van der Waals surface area contributed by atoms with Gasteiger partial charge in [-0.15, -0.1) is 0 Å². The second-order valence-electron chi connectivity index (χ2n) is 7.32. The highest BCUT2D eigenvalue weighted by molar-refractivity contribution is 7.91. The number of carbonyl (C=O) groups excluding carboxylic acids is 2. The highest BCUT2D eigenvalue weighted by atomic mass is 32.2. The maximum atomic E-state index is 13.3. The van der Waals surface area contributed by atoms with Crippen molar-refractivity contribution >= 4 is 48.6 Å². The van der Waals surface area contributed by atoms with Gasteiger partial charge in [-0.2, -0.15) is 8.42 Å². The van der Waals surface area contributed by atoms with Crippen LogP contribution < -0.4 is 11.1 Å². The molecule has 0 heterocycles. The van der Waals surface area contributed by atoms with Crippen LogP contribution >= 0.6 is 0 Å². The predicted molar refractivity (Wildman–Crippen MR) is 121 cm³/mol. The minimum atomic E-state index is -4.86. The molecule has 4 rings (SSSR count). The summed E-state index contributed by atoms with van der Waals surface area (Å²) in [6.45, 7) is 1.49. The van der Waals surface area contributed by atoms with Crippen molar-refractivity contribution in [3.05, 3.63) is 76.9 Å². The van der Waals surface area contributed by atoms with Crippen LogP contribution in [-0.2, 0) is 20.0 Å². The van der Waals surface area contributed by atoms with Crippen molar-refractivity contribution in [2.75, 3.05) is 16.8 Å². The molecule has 0 aliphatic heterocycles. The van der Waals surface area contributed by atoms with Crippen LogP contribution in [0.2, 0.25) is 0 Å². The molecule has 11 heteroatoms. The number of sulfone groups is 1. The van der Waals surface area contributed by atoms with Gasteiger partial charge in [0.05, 0.1) is 33.2 Å². The smallest absolute Gasteiger partial charge is 0.296 e. The molecule has 0 spiro atoms. The first-order valence-electron chi connectivity index (χ1n) is 9.68. The Morgan fingerprint density at radius 3 is 2.06 bits per heavy atom. The van der Waals surface area contributed by atoms with E-state index in [1.165, 1.54) is 43.3 Å². The molecule has 33 heavy (non-hydrogen) atoms. The van der Waals surface area contributed by atoms with Gasteiger partial charge in [0, 0.05) is 16.8 Å². The summed E-state index contributed by atoms with van der Waals surface area (Å²) >= 11 is 0. The van der Waals surface area contributed by atoms with E-state index in [4.69, 9.17) is 5.73 Å². The molecule has 1 aliphatic carbocycles. The standard InChI is InChI=1S/C22H18N2O7S2/c1-2-32(27,28)13-7-5-6-12(10-13)24-16-11-17(33(29,30)31)20(23)19-18(16)21(25)14-8-3-4-9-15(14)22(19)26/h3-11,24H,2,23H2,1H3,(H,29,30,31). The second kappa shape index (κ2) is 7.80. The number of nitrogens with two attached hydrogens (primary N) is 1. The van der Waals surface area contributed by atoms with E-state index in [0.717, 1.165) is 6.07 Å². The number of fused-ring (bicyclic) bond motifs is 2. The van der Waals surface area contributed by atoms with Crippen LogP contribution in [0.3, 0.4) is 0 Å². The largest absolute Gasteiger partial charge is 0.397 e. The summed E-state index contributed by atoms with van der Waals surface area (Å²) in [4.78, 5) is 25.7. The third-order valence-corrected chi connectivity index (χ3v) is 7.96. The Labute approximate surface area is 189 Å². The molecule has 0 amide bonds. The molecule has 170 valence electrons. The van der Waals surface area contributed by atoms with Crippen LogP contribution in [0.4, 0.5) is 17.1 Å². The fraction of sp³-hybridized carbons (Fsp3) is 0.0909. The van der Waals surface area contributed by atoms with Crippen LogP contribution in [0.5, 0.6) is 0 Å². The van der Waals surface area contributed by atoms with Crippen LogP contribution in [-0.4, -0.2) is 38.7 Å². The van der Waals surface area contributed by atoms with Gasteiger partial charge in [0.2, 0.25) is 0 Å². The van der Waals surface area contributed by atoms with E-state index in [1.807, 2.05) is 0 Å². The van der Waals surface area contributed by atoms with Gasteiger partial charge in [0.25, 0.3) is 10.1 Å². The van der Waals surface area contributed by atoms with Gasteiger partial charge >= 0.3 is 0 Å². The number of nitrogens with one attached hydrogen (secondary N) is 1.